The number of halogens is 2. The van der Waals surface area contributed by atoms with E-state index in [0.717, 1.165) is 41.3 Å². The van der Waals surface area contributed by atoms with E-state index in [1.54, 1.807) is 11.3 Å². The molecule has 2 unspecified atom stereocenters. The number of fused-ring (bicyclic) bond motifs is 1. The number of aromatic nitrogens is 2. The number of aliphatic imine (C=N–C) groups is 1. The summed E-state index contributed by atoms with van der Waals surface area (Å²) in [5.74, 6) is 1.33. The molecule has 4 rings (SSSR count). The molecule has 2 atom stereocenters. The molecule has 2 aromatic heterocycles. The number of hydrogen-bond donors (Lipinski definition) is 2. The molecule has 3 aromatic rings. The molecular formula is C22H30ClIN6S. The Morgan fingerprint density at radius 2 is 2.23 bits per heavy atom. The number of hydrogen-bond acceptors (Lipinski definition) is 4. The molecule has 3 heterocycles. The Morgan fingerprint density at radius 1 is 1.35 bits per heavy atom. The summed E-state index contributed by atoms with van der Waals surface area (Å²) in [6.07, 6.45) is 6.47. The van der Waals surface area contributed by atoms with Gasteiger partial charge < -0.3 is 10.6 Å². The van der Waals surface area contributed by atoms with Crippen molar-refractivity contribution in [3.05, 3.63) is 58.3 Å². The quantitative estimate of drug-likeness (QED) is 0.253. The van der Waals surface area contributed by atoms with E-state index in [0.29, 0.717) is 18.5 Å². The normalized spacial score (nSPS) is 19.9. The van der Waals surface area contributed by atoms with Crippen molar-refractivity contribution in [1.29, 1.82) is 0 Å². The highest BCUT2D eigenvalue weighted by Gasteiger charge is 2.30. The van der Waals surface area contributed by atoms with Gasteiger partial charge >= 0.3 is 0 Å². The maximum absolute atomic E-state index is 6.28. The fourth-order valence-electron chi connectivity index (χ4n) is 4.27. The monoisotopic (exact) mass is 572 g/mol. The second kappa shape index (κ2) is 11.5. The third-order valence-corrected chi connectivity index (χ3v) is 6.62. The number of thiazole rings is 1. The van der Waals surface area contributed by atoms with Crippen LogP contribution < -0.4 is 10.6 Å². The molecule has 9 heteroatoms. The van der Waals surface area contributed by atoms with Crippen molar-refractivity contribution in [2.24, 2.45) is 10.9 Å². The minimum atomic E-state index is 0. The van der Waals surface area contributed by atoms with Gasteiger partial charge in [-0.05, 0) is 57.0 Å². The van der Waals surface area contributed by atoms with Crippen LogP contribution in [0.5, 0.6) is 0 Å². The van der Waals surface area contributed by atoms with Crippen molar-refractivity contribution in [2.45, 2.75) is 32.4 Å². The van der Waals surface area contributed by atoms with Crippen LogP contribution in [-0.2, 0) is 6.54 Å². The predicted molar refractivity (Wildman–Crippen MR) is 141 cm³/mol. The lowest BCUT2D eigenvalue weighted by atomic mass is 9.85. The summed E-state index contributed by atoms with van der Waals surface area (Å²) >= 11 is 7.92. The van der Waals surface area contributed by atoms with Gasteiger partial charge in [0.05, 0.1) is 12.2 Å². The number of imidazole rings is 1. The second-order valence-electron chi connectivity index (χ2n) is 7.78. The Bertz CT molecular complexity index is 974. The van der Waals surface area contributed by atoms with Gasteiger partial charge in [0, 0.05) is 41.9 Å². The molecule has 1 saturated heterocycles. The molecule has 0 bridgehead atoms. The number of likely N-dealkylation sites (tertiary alicyclic amines) is 1. The molecule has 1 aliphatic rings. The Morgan fingerprint density at radius 3 is 3.00 bits per heavy atom. The maximum atomic E-state index is 6.28. The number of guanidine groups is 1. The number of rotatable bonds is 6. The van der Waals surface area contributed by atoms with Crippen LogP contribution in [0.1, 0.15) is 37.1 Å². The number of nitrogens with zero attached hydrogens (tertiary/aromatic N) is 4. The smallest absolute Gasteiger partial charge is 0.193 e. The summed E-state index contributed by atoms with van der Waals surface area (Å²) in [6.45, 7) is 5.45. The standard InChI is InChI=1S/C22H29ClN6S.HI/c1-3-24-21(26-14-19-15-29-10-11-30-22(29)27-19)25-13-17-7-5-9-28(2)20(17)16-6-4-8-18(23)12-16;/h4,6,8,10-12,15,17,20H,3,5,7,9,13-14H2,1-2H3,(H2,24,25,26);1H. The van der Waals surface area contributed by atoms with Gasteiger partial charge in [-0.3, -0.25) is 9.30 Å². The number of piperidine rings is 1. The third kappa shape index (κ3) is 6.12. The summed E-state index contributed by atoms with van der Waals surface area (Å²) in [4.78, 5) is 12.8. The molecule has 1 fully saturated rings. The zero-order valence-corrected chi connectivity index (χ0v) is 21.8. The van der Waals surface area contributed by atoms with Gasteiger partial charge in [-0.1, -0.05) is 23.7 Å². The molecule has 0 saturated carbocycles. The highest BCUT2D eigenvalue weighted by atomic mass is 127. The first-order valence-electron chi connectivity index (χ1n) is 10.5. The van der Waals surface area contributed by atoms with E-state index in [4.69, 9.17) is 16.6 Å². The third-order valence-electron chi connectivity index (χ3n) is 5.62. The zero-order valence-electron chi connectivity index (χ0n) is 17.9. The van der Waals surface area contributed by atoms with E-state index in [-0.39, 0.29) is 24.0 Å². The largest absolute Gasteiger partial charge is 0.357 e. The van der Waals surface area contributed by atoms with Crippen molar-refractivity contribution >= 4 is 57.8 Å². The Balaban J connectivity index is 0.00000272. The Kier molecular flexibility index (Phi) is 9.00. The van der Waals surface area contributed by atoms with Crippen molar-refractivity contribution < 1.29 is 0 Å². The molecule has 31 heavy (non-hydrogen) atoms. The van der Waals surface area contributed by atoms with Gasteiger partial charge in [0.1, 0.15) is 0 Å². The lowest BCUT2D eigenvalue weighted by Crippen LogP contribution is -2.45. The molecular weight excluding hydrogens is 543 g/mol. The Labute approximate surface area is 210 Å². The van der Waals surface area contributed by atoms with Crippen LogP contribution in [0.4, 0.5) is 0 Å². The summed E-state index contributed by atoms with van der Waals surface area (Å²) < 4.78 is 2.04. The first-order valence-corrected chi connectivity index (χ1v) is 11.8. The van der Waals surface area contributed by atoms with Crippen LogP contribution in [0.3, 0.4) is 0 Å². The van der Waals surface area contributed by atoms with Gasteiger partial charge in [0.2, 0.25) is 0 Å². The molecule has 0 radical (unpaired) electrons. The Hall–Kier alpha value is -1.36. The highest BCUT2D eigenvalue weighted by molar-refractivity contribution is 14.0. The molecule has 1 aromatic carbocycles. The van der Waals surface area contributed by atoms with E-state index in [1.165, 1.54) is 18.4 Å². The van der Waals surface area contributed by atoms with Crippen molar-refractivity contribution in [1.82, 2.24) is 24.9 Å². The molecule has 0 aliphatic carbocycles. The first kappa shape index (κ1) is 24.3. The average Bonchev–Trinajstić information content (AvgIpc) is 3.32. The van der Waals surface area contributed by atoms with Crippen LogP contribution in [0.2, 0.25) is 5.02 Å². The minimum Gasteiger partial charge on any atom is -0.357 e. The maximum Gasteiger partial charge on any atom is 0.193 e. The van der Waals surface area contributed by atoms with E-state index in [9.17, 15) is 0 Å². The van der Waals surface area contributed by atoms with Crippen molar-refractivity contribution in [2.75, 3.05) is 26.7 Å². The fourth-order valence-corrected chi connectivity index (χ4v) is 5.19. The molecule has 168 valence electrons. The lowest BCUT2D eigenvalue weighted by molar-refractivity contribution is 0.122. The summed E-state index contributed by atoms with van der Waals surface area (Å²) in [6, 6.07) is 8.63. The number of benzene rings is 1. The summed E-state index contributed by atoms with van der Waals surface area (Å²) in [5.41, 5.74) is 2.27. The molecule has 1 aliphatic heterocycles. The molecule has 2 N–H and O–H groups in total. The van der Waals surface area contributed by atoms with E-state index in [2.05, 4.69) is 46.6 Å². The van der Waals surface area contributed by atoms with Crippen molar-refractivity contribution in [3.63, 3.8) is 0 Å². The van der Waals surface area contributed by atoms with Gasteiger partial charge in [-0.15, -0.1) is 35.3 Å². The second-order valence-corrected chi connectivity index (χ2v) is 9.09. The van der Waals surface area contributed by atoms with E-state index in [1.807, 2.05) is 34.3 Å². The SMILES string of the molecule is CCNC(=NCc1cn2ccsc2n1)NCC1CCCN(C)C1c1cccc(Cl)c1.I. The van der Waals surface area contributed by atoms with Gasteiger partial charge in [-0.25, -0.2) is 9.98 Å². The van der Waals surface area contributed by atoms with Crippen molar-refractivity contribution in [3.8, 4) is 0 Å². The fraction of sp³-hybridized carbons (Fsp3) is 0.455. The van der Waals surface area contributed by atoms with Crippen LogP contribution in [0.15, 0.2) is 47.0 Å². The van der Waals surface area contributed by atoms with Crippen LogP contribution in [-0.4, -0.2) is 46.9 Å². The van der Waals surface area contributed by atoms with E-state index < -0.39 is 0 Å². The lowest BCUT2D eigenvalue weighted by Gasteiger charge is -2.40. The highest BCUT2D eigenvalue weighted by Crippen LogP contribution is 2.35. The molecule has 0 amide bonds. The van der Waals surface area contributed by atoms with Crippen LogP contribution in [0, 0.1) is 5.92 Å². The van der Waals surface area contributed by atoms with Crippen LogP contribution >= 0.6 is 46.9 Å². The van der Waals surface area contributed by atoms with Crippen LogP contribution in [0.25, 0.3) is 4.96 Å². The minimum absolute atomic E-state index is 0. The summed E-state index contributed by atoms with van der Waals surface area (Å²) in [7, 11) is 2.21. The van der Waals surface area contributed by atoms with Gasteiger partial charge in [0.15, 0.2) is 10.9 Å². The predicted octanol–water partition coefficient (Wildman–Crippen LogP) is 4.81. The average molecular weight is 573 g/mol. The summed E-state index contributed by atoms with van der Waals surface area (Å²) in [5, 5.41) is 9.78. The zero-order chi connectivity index (χ0) is 20.9. The molecule has 0 spiro atoms. The van der Waals surface area contributed by atoms with Gasteiger partial charge in [0.25, 0.3) is 0 Å². The molecule has 6 nitrogen and oxygen atoms in total. The van der Waals surface area contributed by atoms with Gasteiger partial charge in [-0.2, -0.15) is 0 Å². The number of nitrogens with one attached hydrogen (secondary N) is 2. The first-order chi connectivity index (χ1) is 14.6. The van der Waals surface area contributed by atoms with E-state index >= 15 is 0 Å². The topological polar surface area (TPSA) is 57.0 Å².